The molecule has 114 valence electrons. The number of rotatable bonds is 4. The van der Waals surface area contributed by atoms with Crippen LogP contribution in [0.2, 0.25) is 0 Å². The molecule has 21 heavy (non-hydrogen) atoms. The van der Waals surface area contributed by atoms with Crippen LogP contribution in [0.25, 0.3) is 0 Å². The zero-order valence-electron chi connectivity index (χ0n) is 12.8. The molecule has 4 aliphatic rings. The van der Waals surface area contributed by atoms with Gasteiger partial charge in [-0.2, -0.15) is 0 Å². The first-order valence-electron chi connectivity index (χ1n) is 8.34. The molecule has 0 saturated heterocycles. The maximum Gasteiger partial charge on any atom is 0.189 e. The molecule has 0 spiro atoms. The molecule has 0 aromatic carbocycles. The fraction of sp³-hybridized carbons (Fsp3) is 0.765. The number of anilines is 1. The third-order valence-corrected chi connectivity index (χ3v) is 6.73. The summed E-state index contributed by atoms with van der Waals surface area (Å²) in [4.78, 5) is 8.84. The lowest BCUT2D eigenvalue weighted by atomic mass is 9.49. The van der Waals surface area contributed by atoms with Crippen LogP contribution < -0.4 is 5.73 Å². The van der Waals surface area contributed by atoms with Gasteiger partial charge in [-0.3, -0.25) is 0 Å². The van der Waals surface area contributed by atoms with E-state index in [4.69, 9.17) is 5.73 Å². The highest BCUT2D eigenvalue weighted by molar-refractivity contribution is 7.99. The Hall–Kier alpha value is -0.770. The van der Waals surface area contributed by atoms with E-state index < -0.39 is 0 Å². The van der Waals surface area contributed by atoms with Crippen LogP contribution >= 0.6 is 11.8 Å². The Kier molecular flexibility index (Phi) is 3.40. The minimum Gasteiger partial charge on any atom is -0.384 e. The van der Waals surface area contributed by atoms with Crippen molar-refractivity contribution in [2.45, 2.75) is 57.0 Å². The molecular weight excluding hydrogens is 278 g/mol. The molecule has 0 aliphatic heterocycles. The van der Waals surface area contributed by atoms with Crippen molar-refractivity contribution in [2.24, 2.45) is 23.2 Å². The topological polar surface area (TPSA) is 51.8 Å². The van der Waals surface area contributed by atoms with E-state index in [0.29, 0.717) is 11.2 Å². The molecule has 0 radical (unpaired) electrons. The summed E-state index contributed by atoms with van der Waals surface area (Å²) >= 11 is 1.80. The molecule has 0 unspecified atom stereocenters. The molecule has 1 aromatic heterocycles. The Morgan fingerprint density at radius 3 is 2.33 bits per heavy atom. The zero-order valence-corrected chi connectivity index (χ0v) is 13.7. The second-order valence-electron chi connectivity index (χ2n) is 7.73. The molecule has 2 N–H and O–H groups in total. The van der Waals surface area contributed by atoms with Crippen molar-refractivity contribution >= 4 is 17.6 Å². The first-order valence-corrected chi connectivity index (χ1v) is 9.33. The summed E-state index contributed by atoms with van der Waals surface area (Å²) < 4.78 is 0. The highest BCUT2D eigenvalue weighted by Crippen LogP contribution is 2.61. The second kappa shape index (κ2) is 5.15. The Bertz CT molecular complexity index is 487. The third-order valence-electron chi connectivity index (χ3n) is 5.88. The summed E-state index contributed by atoms with van der Waals surface area (Å²) in [5.74, 6) is 4.89. The molecule has 4 saturated carbocycles. The zero-order chi connectivity index (χ0) is 14.4. The molecule has 0 amide bonds. The van der Waals surface area contributed by atoms with Gasteiger partial charge in [0.1, 0.15) is 5.82 Å². The van der Waals surface area contributed by atoms with Crippen molar-refractivity contribution in [1.29, 1.82) is 0 Å². The first-order chi connectivity index (χ1) is 10.1. The van der Waals surface area contributed by atoms with Crippen LogP contribution in [0, 0.1) is 30.1 Å². The predicted molar refractivity (Wildman–Crippen MR) is 87.1 cm³/mol. The van der Waals surface area contributed by atoms with E-state index in [0.717, 1.165) is 34.4 Å². The average molecular weight is 303 g/mol. The maximum absolute atomic E-state index is 5.81. The Labute approximate surface area is 131 Å². The van der Waals surface area contributed by atoms with Gasteiger partial charge in [0.05, 0.1) is 0 Å². The normalized spacial score (nSPS) is 37.1. The minimum absolute atomic E-state index is 0.597. The summed E-state index contributed by atoms with van der Waals surface area (Å²) in [7, 11) is 0. The number of nitrogens with two attached hydrogens (primary N) is 1. The molecule has 4 bridgehead atoms. The molecule has 4 aliphatic carbocycles. The van der Waals surface area contributed by atoms with E-state index in [1.54, 1.807) is 11.8 Å². The van der Waals surface area contributed by atoms with Gasteiger partial charge in [-0.05, 0) is 75.0 Å². The minimum atomic E-state index is 0.597. The monoisotopic (exact) mass is 303 g/mol. The fourth-order valence-electron chi connectivity index (χ4n) is 5.58. The standard InChI is InChI=1S/C17H25N3S/c1-11-4-15(18)20-16(19-11)21-3-2-17-8-12-5-13(9-17)7-14(6-12)10-17/h4,12-14H,2-3,5-10H2,1H3,(H2,18,19,20). The van der Waals surface area contributed by atoms with Crippen molar-refractivity contribution in [3.63, 3.8) is 0 Å². The number of aromatic nitrogens is 2. The summed E-state index contributed by atoms with van der Waals surface area (Å²) in [6.45, 7) is 1.99. The lowest BCUT2D eigenvalue weighted by Gasteiger charge is -2.57. The third kappa shape index (κ3) is 2.79. The van der Waals surface area contributed by atoms with E-state index in [1.807, 2.05) is 13.0 Å². The SMILES string of the molecule is Cc1cc(N)nc(SCCC23CC4CC(CC(C4)C2)C3)n1. The molecule has 0 atom stereocenters. The summed E-state index contributed by atoms with van der Waals surface area (Å²) in [5, 5.41) is 0.859. The Morgan fingerprint density at radius 1 is 1.14 bits per heavy atom. The lowest BCUT2D eigenvalue weighted by Crippen LogP contribution is -2.46. The lowest BCUT2D eigenvalue weighted by molar-refractivity contribution is -0.0538. The van der Waals surface area contributed by atoms with Crippen LogP contribution in [0.5, 0.6) is 0 Å². The van der Waals surface area contributed by atoms with Gasteiger partial charge in [0, 0.05) is 17.5 Å². The van der Waals surface area contributed by atoms with Gasteiger partial charge in [-0.1, -0.05) is 11.8 Å². The number of thioether (sulfide) groups is 1. The molecule has 4 fully saturated rings. The molecule has 1 aromatic rings. The van der Waals surface area contributed by atoms with Gasteiger partial charge in [0.15, 0.2) is 5.16 Å². The van der Waals surface area contributed by atoms with Gasteiger partial charge in [0.25, 0.3) is 0 Å². The van der Waals surface area contributed by atoms with Crippen molar-refractivity contribution in [1.82, 2.24) is 9.97 Å². The average Bonchev–Trinajstić information content (AvgIpc) is 2.35. The van der Waals surface area contributed by atoms with Crippen LogP contribution in [-0.4, -0.2) is 15.7 Å². The smallest absolute Gasteiger partial charge is 0.189 e. The van der Waals surface area contributed by atoms with E-state index in [1.165, 1.54) is 44.9 Å². The number of hydrogen-bond acceptors (Lipinski definition) is 4. The van der Waals surface area contributed by atoms with Gasteiger partial charge < -0.3 is 5.73 Å². The van der Waals surface area contributed by atoms with Crippen LogP contribution in [0.15, 0.2) is 11.2 Å². The van der Waals surface area contributed by atoms with E-state index >= 15 is 0 Å². The quantitative estimate of drug-likeness (QED) is 0.673. The van der Waals surface area contributed by atoms with Crippen LogP contribution in [0.3, 0.4) is 0 Å². The highest BCUT2D eigenvalue weighted by atomic mass is 32.2. The van der Waals surface area contributed by atoms with Gasteiger partial charge >= 0.3 is 0 Å². The van der Waals surface area contributed by atoms with Gasteiger partial charge in [-0.15, -0.1) is 0 Å². The summed E-state index contributed by atoms with van der Waals surface area (Å²) in [5.41, 5.74) is 7.45. The largest absolute Gasteiger partial charge is 0.384 e. The van der Waals surface area contributed by atoms with E-state index in [-0.39, 0.29) is 0 Å². The maximum atomic E-state index is 5.81. The van der Waals surface area contributed by atoms with Crippen LogP contribution in [0.4, 0.5) is 5.82 Å². The molecule has 3 nitrogen and oxygen atoms in total. The number of hydrogen-bond donors (Lipinski definition) is 1. The molecule has 1 heterocycles. The van der Waals surface area contributed by atoms with E-state index in [2.05, 4.69) is 9.97 Å². The number of nitrogen functional groups attached to an aromatic ring is 1. The van der Waals surface area contributed by atoms with Crippen LogP contribution in [-0.2, 0) is 0 Å². The number of nitrogens with zero attached hydrogens (tertiary/aromatic N) is 2. The predicted octanol–water partition coefficient (Wildman–Crippen LogP) is 4.07. The second-order valence-corrected chi connectivity index (χ2v) is 8.79. The Morgan fingerprint density at radius 2 is 1.76 bits per heavy atom. The van der Waals surface area contributed by atoms with Gasteiger partial charge in [-0.25, -0.2) is 9.97 Å². The fourth-order valence-corrected chi connectivity index (χ4v) is 6.68. The van der Waals surface area contributed by atoms with Crippen molar-refractivity contribution in [3.8, 4) is 0 Å². The molecule has 4 heteroatoms. The first kappa shape index (κ1) is 13.9. The van der Waals surface area contributed by atoms with E-state index in [9.17, 15) is 0 Å². The van der Waals surface area contributed by atoms with Crippen molar-refractivity contribution in [2.75, 3.05) is 11.5 Å². The Balaban J connectivity index is 1.38. The van der Waals surface area contributed by atoms with Gasteiger partial charge in [0.2, 0.25) is 0 Å². The summed E-state index contributed by atoms with van der Waals surface area (Å²) in [6, 6.07) is 1.84. The molecular formula is C17H25N3S. The van der Waals surface area contributed by atoms with Crippen molar-refractivity contribution < 1.29 is 0 Å². The van der Waals surface area contributed by atoms with Crippen LogP contribution in [0.1, 0.15) is 50.6 Å². The van der Waals surface area contributed by atoms with Crippen molar-refractivity contribution in [3.05, 3.63) is 11.8 Å². The highest BCUT2D eigenvalue weighted by Gasteiger charge is 2.50. The summed E-state index contributed by atoms with van der Waals surface area (Å²) in [6.07, 6.45) is 10.4. The molecule has 5 rings (SSSR count). The number of aryl methyl sites for hydroxylation is 1.